The standard InChI is InChI=1S/C21H16Cl2FNO3/c22-16-4-8-20(28-12-13-1-5-17(24)6-2-13)15(9-16)11-25-19-10-14(21(26)27)3-7-18(19)23/h1-10,25H,11-12H2,(H,26,27). The maximum absolute atomic E-state index is 13.0. The van der Waals surface area contributed by atoms with Crippen LogP contribution in [0.5, 0.6) is 5.75 Å². The SMILES string of the molecule is O=C(O)c1ccc(Cl)c(NCc2cc(Cl)ccc2OCc2ccc(F)cc2)c1. The van der Waals surface area contributed by atoms with Gasteiger partial charge in [-0.05, 0) is 54.1 Å². The zero-order chi connectivity index (χ0) is 20.1. The molecule has 0 saturated carbocycles. The molecular weight excluding hydrogens is 404 g/mol. The van der Waals surface area contributed by atoms with E-state index >= 15 is 0 Å². The minimum Gasteiger partial charge on any atom is -0.489 e. The molecule has 0 heterocycles. The number of hydrogen-bond acceptors (Lipinski definition) is 3. The summed E-state index contributed by atoms with van der Waals surface area (Å²) in [5.41, 5.74) is 2.22. The van der Waals surface area contributed by atoms with Gasteiger partial charge in [-0.15, -0.1) is 0 Å². The molecule has 0 spiro atoms. The molecule has 3 aromatic carbocycles. The third-order valence-electron chi connectivity index (χ3n) is 4.01. The molecular formula is C21H16Cl2FNO3. The highest BCUT2D eigenvalue weighted by Gasteiger charge is 2.10. The predicted molar refractivity (Wildman–Crippen MR) is 108 cm³/mol. The van der Waals surface area contributed by atoms with Crippen LogP contribution in [-0.2, 0) is 13.2 Å². The lowest BCUT2D eigenvalue weighted by atomic mass is 10.1. The van der Waals surface area contributed by atoms with Crippen molar-refractivity contribution in [2.24, 2.45) is 0 Å². The number of hydrogen-bond donors (Lipinski definition) is 2. The Balaban J connectivity index is 1.75. The number of anilines is 1. The van der Waals surface area contributed by atoms with Crippen molar-refractivity contribution in [3.63, 3.8) is 0 Å². The zero-order valence-electron chi connectivity index (χ0n) is 14.6. The summed E-state index contributed by atoms with van der Waals surface area (Å²) in [6.07, 6.45) is 0. The van der Waals surface area contributed by atoms with Crippen LogP contribution in [0.1, 0.15) is 21.5 Å². The fourth-order valence-corrected chi connectivity index (χ4v) is 2.93. The van der Waals surface area contributed by atoms with E-state index in [2.05, 4.69) is 5.32 Å². The highest BCUT2D eigenvalue weighted by molar-refractivity contribution is 6.33. The van der Waals surface area contributed by atoms with Crippen LogP contribution in [0, 0.1) is 5.82 Å². The Bertz CT molecular complexity index is 993. The summed E-state index contributed by atoms with van der Waals surface area (Å²) in [7, 11) is 0. The van der Waals surface area contributed by atoms with Crippen molar-refractivity contribution in [2.75, 3.05) is 5.32 Å². The van der Waals surface area contributed by atoms with Crippen LogP contribution in [0.4, 0.5) is 10.1 Å². The number of halogens is 3. The Morgan fingerprint density at radius 1 is 1.04 bits per heavy atom. The molecule has 3 rings (SSSR count). The molecule has 0 aliphatic carbocycles. The average molecular weight is 420 g/mol. The van der Waals surface area contributed by atoms with E-state index in [0.717, 1.165) is 11.1 Å². The highest BCUT2D eigenvalue weighted by atomic mass is 35.5. The highest BCUT2D eigenvalue weighted by Crippen LogP contribution is 2.28. The van der Waals surface area contributed by atoms with Crippen molar-refractivity contribution in [1.29, 1.82) is 0 Å². The molecule has 0 unspecified atom stereocenters. The van der Waals surface area contributed by atoms with Crippen LogP contribution in [0.2, 0.25) is 10.0 Å². The summed E-state index contributed by atoms with van der Waals surface area (Å²) >= 11 is 12.3. The molecule has 2 N–H and O–H groups in total. The Hall–Kier alpha value is -2.76. The van der Waals surface area contributed by atoms with Gasteiger partial charge in [0.2, 0.25) is 0 Å². The molecule has 0 amide bonds. The molecule has 0 bridgehead atoms. The largest absolute Gasteiger partial charge is 0.489 e. The molecule has 144 valence electrons. The second-order valence-corrected chi connectivity index (χ2v) is 6.86. The van der Waals surface area contributed by atoms with Gasteiger partial charge in [-0.2, -0.15) is 0 Å². The van der Waals surface area contributed by atoms with Gasteiger partial charge < -0.3 is 15.2 Å². The lowest BCUT2D eigenvalue weighted by Crippen LogP contribution is -2.05. The summed E-state index contributed by atoms with van der Waals surface area (Å²) in [6, 6.07) is 15.7. The first-order chi connectivity index (χ1) is 13.4. The van der Waals surface area contributed by atoms with Crippen molar-refractivity contribution in [3.8, 4) is 5.75 Å². The molecule has 0 fully saturated rings. The second kappa shape index (κ2) is 8.95. The number of rotatable bonds is 7. The minimum absolute atomic E-state index is 0.130. The van der Waals surface area contributed by atoms with E-state index in [1.165, 1.54) is 30.3 Å². The van der Waals surface area contributed by atoms with Crippen LogP contribution in [0.3, 0.4) is 0 Å². The van der Waals surface area contributed by atoms with Crippen molar-refractivity contribution in [3.05, 3.63) is 93.2 Å². The molecule has 0 aliphatic rings. The lowest BCUT2D eigenvalue weighted by Gasteiger charge is -2.14. The first-order valence-electron chi connectivity index (χ1n) is 8.35. The summed E-state index contributed by atoms with van der Waals surface area (Å²) in [5, 5.41) is 13.2. The van der Waals surface area contributed by atoms with Gasteiger partial charge in [0.1, 0.15) is 18.2 Å². The van der Waals surface area contributed by atoms with E-state index in [1.54, 1.807) is 30.3 Å². The Morgan fingerprint density at radius 3 is 2.50 bits per heavy atom. The molecule has 28 heavy (non-hydrogen) atoms. The first kappa shape index (κ1) is 20.0. The van der Waals surface area contributed by atoms with Crippen molar-refractivity contribution in [2.45, 2.75) is 13.2 Å². The smallest absolute Gasteiger partial charge is 0.335 e. The Labute approximate surface area is 171 Å². The summed E-state index contributed by atoms with van der Waals surface area (Å²) < 4.78 is 18.9. The third kappa shape index (κ3) is 5.15. The quantitative estimate of drug-likeness (QED) is 0.491. The average Bonchev–Trinajstić information content (AvgIpc) is 2.67. The van der Waals surface area contributed by atoms with E-state index in [0.29, 0.717) is 28.0 Å². The van der Waals surface area contributed by atoms with Gasteiger partial charge in [-0.3, -0.25) is 0 Å². The third-order valence-corrected chi connectivity index (χ3v) is 4.58. The van der Waals surface area contributed by atoms with E-state index in [1.807, 2.05) is 0 Å². The Morgan fingerprint density at radius 2 is 1.79 bits per heavy atom. The maximum atomic E-state index is 13.0. The van der Waals surface area contributed by atoms with Crippen LogP contribution in [0.25, 0.3) is 0 Å². The van der Waals surface area contributed by atoms with Gasteiger partial charge in [-0.1, -0.05) is 35.3 Å². The first-order valence-corrected chi connectivity index (χ1v) is 9.10. The topological polar surface area (TPSA) is 58.6 Å². The zero-order valence-corrected chi connectivity index (χ0v) is 16.1. The number of carboxylic acids is 1. The fraction of sp³-hybridized carbons (Fsp3) is 0.0952. The van der Waals surface area contributed by atoms with E-state index in [4.69, 9.17) is 33.0 Å². The Kier molecular flexibility index (Phi) is 6.39. The van der Waals surface area contributed by atoms with Gasteiger partial charge >= 0.3 is 5.97 Å². The van der Waals surface area contributed by atoms with Crippen LogP contribution in [0.15, 0.2) is 60.7 Å². The number of carboxylic acid groups (broad SMARTS) is 1. The second-order valence-electron chi connectivity index (χ2n) is 6.02. The van der Waals surface area contributed by atoms with Crippen molar-refractivity contribution >= 4 is 34.9 Å². The monoisotopic (exact) mass is 419 g/mol. The van der Waals surface area contributed by atoms with Crippen LogP contribution in [-0.4, -0.2) is 11.1 Å². The van der Waals surface area contributed by atoms with Gasteiger partial charge in [0.05, 0.1) is 16.3 Å². The van der Waals surface area contributed by atoms with Gasteiger partial charge in [0, 0.05) is 17.1 Å². The molecule has 4 nitrogen and oxygen atoms in total. The molecule has 3 aromatic rings. The lowest BCUT2D eigenvalue weighted by molar-refractivity contribution is 0.0697. The van der Waals surface area contributed by atoms with E-state index in [-0.39, 0.29) is 18.0 Å². The molecule has 0 saturated heterocycles. The summed E-state index contributed by atoms with van der Waals surface area (Å²) in [6.45, 7) is 0.590. The van der Waals surface area contributed by atoms with E-state index in [9.17, 15) is 9.18 Å². The predicted octanol–water partition coefficient (Wildman–Crippen LogP) is 6.02. The van der Waals surface area contributed by atoms with Crippen LogP contribution >= 0.6 is 23.2 Å². The van der Waals surface area contributed by atoms with Crippen LogP contribution < -0.4 is 10.1 Å². The van der Waals surface area contributed by atoms with Gasteiger partial charge in [-0.25, -0.2) is 9.18 Å². The van der Waals surface area contributed by atoms with E-state index < -0.39 is 5.97 Å². The number of benzene rings is 3. The molecule has 0 atom stereocenters. The maximum Gasteiger partial charge on any atom is 0.335 e. The van der Waals surface area contributed by atoms with Crippen molar-refractivity contribution in [1.82, 2.24) is 0 Å². The number of aromatic carboxylic acids is 1. The summed E-state index contributed by atoms with van der Waals surface area (Å²) in [5.74, 6) is -0.738. The fourth-order valence-electron chi connectivity index (χ4n) is 2.55. The minimum atomic E-state index is -1.04. The molecule has 0 radical (unpaired) electrons. The van der Waals surface area contributed by atoms with Crippen molar-refractivity contribution < 1.29 is 19.0 Å². The van der Waals surface area contributed by atoms with Gasteiger partial charge in [0.15, 0.2) is 0 Å². The molecule has 0 aromatic heterocycles. The van der Waals surface area contributed by atoms with Gasteiger partial charge in [0.25, 0.3) is 0 Å². The number of carbonyl (C=O) groups is 1. The normalized spacial score (nSPS) is 10.5. The number of ether oxygens (including phenoxy) is 1. The number of nitrogens with one attached hydrogen (secondary N) is 1. The summed E-state index contributed by atoms with van der Waals surface area (Å²) in [4.78, 5) is 11.1. The molecule has 7 heteroatoms. The molecule has 0 aliphatic heterocycles.